The largest absolute Gasteiger partial charge is 0.195 e. The smallest absolute Gasteiger partial charge is 0.128 e. The Morgan fingerprint density at radius 2 is 1.68 bits per heavy atom. The summed E-state index contributed by atoms with van der Waals surface area (Å²) in [5.41, 5.74) is 8.39. The van der Waals surface area contributed by atoms with Crippen molar-refractivity contribution in [3.05, 3.63) is 83.7 Å². The van der Waals surface area contributed by atoms with Gasteiger partial charge >= 0.3 is 0 Å². The lowest BCUT2D eigenvalue weighted by Gasteiger charge is -2.24. The van der Waals surface area contributed by atoms with Crippen molar-refractivity contribution in [1.82, 2.24) is 4.68 Å². The summed E-state index contributed by atoms with van der Waals surface area (Å²) in [6.45, 7) is 2.21. The molecule has 1 heterocycles. The minimum absolute atomic E-state index is 1.09. The molecule has 0 fully saturated rings. The van der Waals surface area contributed by atoms with Gasteiger partial charge in [-0.25, -0.2) is 0 Å². The predicted octanol–water partition coefficient (Wildman–Crippen LogP) is 4.53. The normalized spacial score (nSPS) is 12.9. The number of nitrogens with zero attached hydrogens (tertiary/aromatic N) is 2. The highest BCUT2D eigenvalue weighted by molar-refractivity contribution is 5.91. The van der Waals surface area contributed by atoms with Gasteiger partial charge in [0.1, 0.15) is 5.69 Å². The summed E-state index contributed by atoms with van der Waals surface area (Å²) in [5.74, 6) is 0. The molecule has 0 bridgehead atoms. The zero-order valence-electron chi connectivity index (χ0n) is 14.7. The van der Waals surface area contributed by atoms with E-state index in [0.29, 0.717) is 0 Å². The highest BCUT2D eigenvalue weighted by Gasteiger charge is 2.23. The molecule has 0 saturated carbocycles. The fraction of sp³-hybridized carbons (Fsp3) is 0.174. The molecule has 0 amide bonds. The monoisotopic (exact) mass is 325 g/mol. The van der Waals surface area contributed by atoms with E-state index in [1.807, 2.05) is 0 Å². The average molecular weight is 325 g/mol. The van der Waals surface area contributed by atoms with Crippen LogP contribution >= 0.6 is 0 Å². The van der Waals surface area contributed by atoms with Crippen LogP contribution in [0.15, 0.2) is 67.0 Å². The molecule has 4 aromatic rings. The first-order chi connectivity index (χ1) is 12.2. The Hall–Kier alpha value is -2.87. The standard InChI is InChI=1S/C23H21N2/c1-16-8-10-20-21(23(16)25-13-5-12-24(25)2)11-9-19-14-17-6-3-4-7-18(17)15-22(19)20/h3-8,10,12-15H,9,11H2,1-2H3/q+1. The van der Waals surface area contributed by atoms with Gasteiger partial charge in [0.05, 0.1) is 6.20 Å². The molecule has 0 atom stereocenters. The second-order valence-corrected chi connectivity index (χ2v) is 7.02. The van der Waals surface area contributed by atoms with Crippen molar-refractivity contribution >= 4 is 10.8 Å². The van der Waals surface area contributed by atoms with Crippen molar-refractivity contribution in [2.24, 2.45) is 7.05 Å². The number of fused-ring (bicyclic) bond motifs is 4. The zero-order valence-corrected chi connectivity index (χ0v) is 14.7. The van der Waals surface area contributed by atoms with Crippen LogP contribution in [0.1, 0.15) is 16.7 Å². The number of hydrogen-bond acceptors (Lipinski definition) is 0. The Balaban J connectivity index is 1.80. The first-order valence-corrected chi connectivity index (χ1v) is 8.90. The van der Waals surface area contributed by atoms with Gasteiger partial charge in [0.25, 0.3) is 0 Å². The maximum absolute atomic E-state index is 2.38. The second kappa shape index (κ2) is 5.32. The van der Waals surface area contributed by atoms with Crippen LogP contribution in [0.25, 0.3) is 27.6 Å². The Labute approximate surface area is 147 Å². The third-order valence-electron chi connectivity index (χ3n) is 5.49. The number of aromatic nitrogens is 2. The van der Waals surface area contributed by atoms with Gasteiger partial charge in [0.15, 0.2) is 13.2 Å². The van der Waals surface area contributed by atoms with E-state index in [0.717, 1.165) is 12.8 Å². The van der Waals surface area contributed by atoms with E-state index in [2.05, 4.69) is 90.3 Å². The van der Waals surface area contributed by atoms with Gasteiger partial charge in [0.2, 0.25) is 0 Å². The van der Waals surface area contributed by atoms with Crippen LogP contribution in [0.5, 0.6) is 0 Å². The van der Waals surface area contributed by atoms with Gasteiger partial charge in [-0.2, -0.15) is 0 Å². The van der Waals surface area contributed by atoms with Gasteiger partial charge in [-0.15, -0.1) is 9.36 Å². The molecule has 1 aromatic heterocycles. The topological polar surface area (TPSA) is 8.81 Å². The minimum atomic E-state index is 1.09. The fourth-order valence-electron chi connectivity index (χ4n) is 4.24. The maximum Gasteiger partial charge on any atom is 0.195 e. The second-order valence-electron chi connectivity index (χ2n) is 7.02. The lowest BCUT2D eigenvalue weighted by molar-refractivity contribution is -0.744. The van der Waals surface area contributed by atoms with Crippen LogP contribution < -0.4 is 4.68 Å². The molecule has 25 heavy (non-hydrogen) atoms. The number of rotatable bonds is 1. The lowest BCUT2D eigenvalue weighted by Crippen LogP contribution is -2.37. The Morgan fingerprint density at radius 1 is 0.880 bits per heavy atom. The van der Waals surface area contributed by atoms with E-state index in [4.69, 9.17) is 0 Å². The van der Waals surface area contributed by atoms with Crippen molar-refractivity contribution in [2.45, 2.75) is 19.8 Å². The highest BCUT2D eigenvalue weighted by atomic mass is 15.4. The molecule has 0 spiro atoms. The van der Waals surface area contributed by atoms with E-state index in [1.165, 1.54) is 44.3 Å². The number of aryl methyl sites for hydroxylation is 3. The summed E-state index contributed by atoms with van der Waals surface area (Å²) in [7, 11) is 2.10. The molecular weight excluding hydrogens is 304 g/mol. The van der Waals surface area contributed by atoms with Crippen molar-refractivity contribution in [3.63, 3.8) is 0 Å². The third kappa shape index (κ3) is 2.14. The Morgan fingerprint density at radius 3 is 2.44 bits per heavy atom. The van der Waals surface area contributed by atoms with Crippen LogP contribution in [0, 0.1) is 6.92 Å². The minimum Gasteiger partial charge on any atom is -0.128 e. The van der Waals surface area contributed by atoms with Crippen LogP contribution in [-0.4, -0.2) is 4.68 Å². The SMILES string of the molecule is Cc1ccc2c(c1-n1ccc[n+]1C)CCc1cc3ccccc3cc1-2. The molecule has 2 nitrogen and oxygen atoms in total. The molecule has 0 saturated heterocycles. The summed E-state index contributed by atoms with van der Waals surface area (Å²) in [4.78, 5) is 0. The van der Waals surface area contributed by atoms with Crippen LogP contribution in [-0.2, 0) is 19.9 Å². The molecule has 2 heteroatoms. The van der Waals surface area contributed by atoms with Crippen LogP contribution in [0.3, 0.4) is 0 Å². The number of hydrogen-bond donors (Lipinski definition) is 0. The molecule has 0 N–H and O–H groups in total. The van der Waals surface area contributed by atoms with Gasteiger partial charge in [-0.1, -0.05) is 42.5 Å². The van der Waals surface area contributed by atoms with Gasteiger partial charge in [-0.3, -0.25) is 0 Å². The molecule has 3 aromatic carbocycles. The van der Waals surface area contributed by atoms with Crippen molar-refractivity contribution in [2.75, 3.05) is 0 Å². The van der Waals surface area contributed by atoms with Crippen LogP contribution in [0.2, 0.25) is 0 Å². The van der Waals surface area contributed by atoms with E-state index >= 15 is 0 Å². The molecule has 0 unspecified atom stereocenters. The maximum atomic E-state index is 2.38. The fourth-order valence-corrected chi connectivity index (χ4v) is 4.24. The Bertz CT molecular complexity index is 1120. The van der Waals surface area contributed by atoms with Crippen molar-refractivity contribution in [3.8, 4) is 16.8 Å². The average Bonchev–Trinajstić information content (AvgIpc) is 3.05. The summed E-state index contributed by atoms with van der Waals surface area (Å²) in [6.07, 6.45) is 6.45. The summed E-state index contributed by atoms with van der Waals surface area (Å²) >= 11 is 0. The molecule has 1 aliphatic carbocycles. The van der Waals surface area contributed by atoms with E-state index in [1.54, 1.807) is 0 Å². The van der Waals surface area contributed by atoms with Crippen molar-refractivity contribution < 1.29 is 4.68 Å². The first kappa shape index (κ1) is 14.5. The summed E-state index contributed by atoms with van der Waals surface area (Å²) in [6, 6.07) is 20.1. The molecule has 122 valence electrons. The van der Waals surface area contributed by atoms with E-state index in [-0.39, 0.29) is 0 Å². The molecular formula is C23H21N2+. The number of benzene rings is 3. The zero-order chi connectivity index (χ0) is 17.0. The summed E-state index contributed by atoms with van der Waals surface area (Å²) in [5, 5.41) is 2.66. The lowest BCUT2D eigenvalue weighted by atomic mass is 9.82. The third-order valence-corrected chi connectivity index (χ3v) is 5.49. The van der Waals surface area contributed by atoms with Gasteiger partial charge in [0, 0.05) is 6.07 Å². The highest BCUT2D eigenvalue weighted by Crippen LogP contribution is 2.39. The van der Waals surface area contributed by atoms with Crippen molar-refractivity contribution in [1.29, 1.82) is 0 Å². The van der Waals surface area contributed by atoms with Gasteiger partial charge in [-0.05, 0) is 64.4 Å². The molecule has 5 rings (SSSR count). The molecule has 0 radical (unpaired) electrons. The first-order valence-electron chi connectivity index (χ1n) is 8.90. The van der Waals surface area contributed by atoms with Gasteiger partial charge < -0.3 is 0 Å². The van der Waals surface area contributed by atoms with E-state index in [9.17, 15) is 0 Å². The summed E-state index contributed by atoms with van der Waals surface area (Å²) < 4.78 is 4.42. The van der Waals surface area contributed by atoms with E-state index < -0.39 is 0 Å². The molecule has 0 aliphatic heterocycles. The Kier molecular flexibility index (Phi) is 3.08. The quantitative estimate of drug-likeness (QED) is 0.455. The van der Waals surface area contributed by atoms with Crippen LogP contribution in [0.4, 0.5) is 0 Å². The molecule has 1 aliphatic rings. The predicted molar refractivity (Wildman–Crippen MR) is 102 cm³/mol.